The van der Waals surface area contributed by atoms with Crippen LogP contribution in [0.5, 0.6) is 0 Å². The average Bonchev–Trinajstić information content (AvgIpc) is 2.84. The van der Waals surface area contributed by atoms with E-state index in [-0.39, 0.29) is 12.0 Å². The molecule has 0 aliphatic rings. The number of aromatic carboxylic acids is 1. The first-order valence-corrected chi connectivity index (χ1v) is 6.69. The summed E-state index contributed by atoms with van der Waals surface area (Å²) in [4.78, 5) is 25.5. The third kappa shape index (κ3) is 3.79. The molecule has 1 heterocycles. The van der Waals surface area contributed by atoms with Gasteiger partial charge in [-0.25, -0.2) is 9.78 Å². The van der Waals surface area contributed by atoms with E-state index in [0.717, 1.165) is 11.4 Å². The summed E-state index contributed by atoms with van der Waals surface area (Å²) in [6.45, 7) is 0. The molecule has 0 amide bonds. The first-order chi connectivity index (χ1) is 9.54. The van der Waals surface area contributed by atoms with Crippen molar-refractivity contribution in [3.05, 3.63) is 40.9 Å². The molecule has 2 rings (SSSR count). The summed E-state index contributed by atoms with van der Waals surface area (Å²) in [5.74, 6) is -1.82. The maximum atomic E-state index is 10.7. The third-order valence-corrected chi connectivity index (χ3v) is 3.34. The third-order valence-electron chi connectivity index (χ3n) is 2.53. The van der Waals surface area contributed by atoms with Crippen LogP contribution in [0.25, 0.3) is 0 Å². The van der Waals surface area contributed by atoms with Crippen molar-refractivity contribution in [3.8, 4) is 0 Å². The number of aliphatic carboxylic acids is 1. The van der Waals surface area contributed by atoms with Gasteiger partial charge in [0.1, 0.15) is 0 Å². The van der Waals surface area contributed by atoms with Crippen LogP contribution < -0.4 is 5.32 Å². The van der Waals surface area contributed by atoms with Gasteiger partial charge in [-0.3, -0.25) is 4.79 Å². The van der Waals surface area contributed by atoms with Gasteiger partial charge in [0.15, 0.2) is 5.13 Å². The van der Waals surface area contributed by atoms with Gasteiger partial charge in [-0.2, -0.15) is 0 Å². The Labute approximate surface area is 118 Å². The summed E-state index contributed by atoms with van der Waals surface area (Å²) in [6.07, 6.45) is 0.446. The molecule has 0 saturated carbocycles. The molecule has 104 valence electrons. The molecule has 0 saturated heterocycles. The molecule has 0 atom stereocenters. The highest BCUT2D eigenvalue weighted by Gasteiger charge is 2.06. The second-order valence-corrected chi connectivity index (χ2v) is 4.90. The fourth-order valence-electron chi connectivity index (χ4n) is 1.53. The SMILES string of the molecule is O=C(O)CCc1csc(Nc2ccc(C(=O)O)cc2)n1. The number of anilines is 2. The monoisotopic (exact) mass is 292 g/mol. The largest absolute Gasteiger partial charge is 0.481 e. The number of hydrogen-bond acceptors (Lipinski definition) is 5. The molecule has 0 unspecified atom stereocenters. The number of benzene rings is 1. The van der Waals surface area contributed by atoms with Gasteiger partial charge >= 0.3 is 11.9 Å². The lowest BCUT2D eigenvalue weighted by Crippen LogP contribution is -1.98. The van der Waals surface area contributed by atoms with Crippen LogP contribution in [-0.4, -0.2) is 27.1 Å². The van der Waals surface area contributed by atoms with Crippen molar-refractivity contribution >= 4 is 34.1 Å². The van der Waals surface area contributed by atoms with Gasteiger partial charge in [-0.05, 0) is 24.3 Å². The molecule has 3 N–H and O–H groups in total. The molecule has 20 heavy (non-hydrogen) atoms. The Bertz CT molecular complexity index is 622. The normalized spacial score (nSPS) is 10.2. The predicted molar refractivity (Wildman–Crippen MR) is 74.8 cm³/mol. The molecule has 0 bridgehead atoms. The Balaban J connectivity index is 1.99. The Kier molecular flexibility index (Phi) is 4.31. The topological polar surface area (TPSA) is 99.5 Å². The Morgan fingerprint density at radius 3 is 2.50 bits per heavy atom. The van der Waals surface area contributed by atoms with Gasteiger partial charge in [-0.15, -0.1) is 11.3 Å². The average molecular weight is 292 g/mol. The van der Waals surface area contributed by atoms with Gasteiger partial charge in [0.05, 0.1) is 17.7 Å². The van der Waals surface area contributed by atoms with E-state index < -0.39 is 11.9 Å². The molecule has 1 aromatic carbocycles. The van der Waals surface area contributed by atoms with E-state index in [2.05, 4.69) is 10.3 Å². The lowest BCUT2D eigenvalue weighted by molar-refractivity contribution is -0.136. The number of rotatable bonds is 6. The molecule has 0 fully saturated rings. The van der Waals surface area contributed by atoms with Crippen LogP contribution >= 0.6 is 11.3 Å². The van der Waals surface area contributed by atoms with Crippen LogP contribution in [0.4, 0.5) is 10.8 Å². The molecule has 7 heteroatoms. The summed E-state index contributed by atoms with van der Waals surface area (Å²) < 4.78 is 0. The Morgan fingerprint density at radius 2 is 1.90 bits per heavy atom. The summed E-state index contributed by atoms with van der Waals surface area (Å²) in [6, 6.07) is 6.32. The number of hydrogen-bond donors (Lipinski definition) is 3. The van der Waals surface area contributed by atoms with E-state index in [1.54, 1.807) is 17.5 Å². The van der Waals surface area contributed by atoms with Crippen LogP contribution in [0.3, 0.4) is 0 Å². The number of aryl methyl sites for hydroxylation is 1. The molecule has 0 aliphatic heterocycles. The van der Waals surface area contributed by atoms with Gasteiger partial charge in [0.2, 0.25) is 0 Å². The van der Waals surface area contributed by atoms with Crippen LogP contribution in [0.15, 0.2) is 29.6 Å². The zero-order valence-electron chi connectivity index (χ0n) is 10.4. The molecule has 6 nitrogen and oxygen atoms in total. The van der Waals surface area contributed by atoms with E-state index in [1.807, 2.05) is 0 Å². The van der Waals surface area contributed by atoms with Gasteiger partial charge in [0, 0.05) is 17.5 Å². The molecule has 1 aromatic heterocycles. The van der Waals surface area contributed by atoms with Crippen molar-refractivity contribution in [1.29, 1.82) is 0 Å². The second kappa shape index (κ2) is 6.16. The number of nitrogens with zero attached hydrogens (tertiary/aromatic N) is 1. The highest BCUT2D eigenvalue weighted by Crippen LogP contribution is 2.21. The molecule has 0 aliphatic carbocycles. The van der Waals surface area contributed by atoms with E-state index in [9.17, 15) is 9.59 Å². The number of carboxylic acids is 2. The molecule has 0 radical (unpaired) electrons. The standard InChI is InChI=1S/C13H12N2O4S/c16-11(17)6-5-10-7-20-13(15-10)14-9-3-1-8(2-4-9)12(18)19/h1-4,7H,5-6H2,(H,14,15)(H,16,17)(H,18,19). The summed E-state index contributed by atoms with van der Waals surface area (Å²) in [7, 11) is 0. The van der Waals surface area contributed by atoms with Crippen LogP contribution in [0.1, 0.15) is 22.5 Å². The fourth-order valence-corrected chi connectivity index (χ4v) is 2.30. The lowest BCUT2D eigenvalue weighted by Gasteiger charge is -2.02. The Morgan fingerprint density at radius 1 is 1.20 bits per heavy atom. The van der Waals surface area contributed by atoms with E-state index >= 15 is 0 Å². The molecule has 0 spiro atoms. The smallest absolute Gasteiger partial charge is 0.335 e. The van der Waals surface area contributed by atoms with Crippen molar-refractivity contribution in [1.82, 2.24) is 4.98 Å². The van der Waals surface area contributed by atoms with Crippen LogP contribution in [0.2, 0.25) is 0 Å². The fraction of sp³-hybridized carbons (Fsp3) is 0.154. The summed E-state index contributed by atoms with van der Waals surface area (Å²) >= 11 is 1.38. The maximum Gasteiger partial charge on any atom is 0.335 e. The number of carbonyl (C=O) groups is 2. The minimum absolute atomic E-state index is 0.0521. The minimum Gasteiger partial charge on any atom is -0.481 e. The van der Waals surface area contributed by atoms with E-state index in [0.29, 0.717) is 11.6 Å². The van der Waals surface area contributed by atoms with Crippen molar-refractivity contribution in [2.24, 2.45) is 0 Å². The van der Waals surface area contributed by atoms with Crippen molar-refractivity contribution < 1.29 is 19.8 Å². The van der Waals surface area contributed by atoms with E-state index in [4.69, 9.17) is 10.2 Å². The molecular weight excluding hydrogens is 280 g/mol. The number of nitrogens with one attached hydrogen (secondary N) is 1. The predicted octanol–water partition coefficient (Wildman–Crippen LogP) is 2.60. The Hall–Kier alpha value is -2.41. The second-order valence-electron chi connectivity index (χ2n) is 4.05. The maximum absolute atomic E-state index is 10.7. The van der Waals surface area contributed by atoms with E-state index in [1.165, 1.54) is 23.5 Å². The van der Waals surface area contributed by atoms with Crippen LogP contribution in [0, 0.1) is 0 Å². The highest BCUT2D eigenvalue weighted by molar-refractivity contribution is 7.13. The number of aromatic nitrogens is 1. The molecular formula is C13H12N2O4S. The highest BCUT2D eigenvalue weighted by atomic mass is 32.1. The van der Waals surface area contributed by atoms with Crippen molar-refractivity contribution in [3.63, 3.8) is 0 Å². The van der Waals surface area contributed by atoms with Gasteiger partial charge in [-0.1, -0.05) is 0 Å². The van der Waals surface area contributed by atoms with Crippen molar-refractivity contribution in [2.75, 3.05) is 5.32 Å². The number of thiazole rings is 1. The van der Waals surface area contributed by atoms with Crippen LogP contribution in [-0.2, 0) is 11.2 Å². The quantitative estimate of drug-likeness (QED) is 0.756. The lowest BCUT2D eigenvalue weighted by atomic mass is 10.2. The summed E-state index contributed by atoms with van der Waals surface area (Å²) in [5, 5.41) is 22.9. The zero-order valence-corrected chi connectivity index (χ0v) is 11.2. The molecule has 2 aromatic rings. The van der Waals surface area contributed by atoms with Gasteiger partial charge < -0.3 is 15.5 Å². The minimum atomic E-state index is -0.971. The van der Waals surface area contributed by atoms with Gasteiger partial charge in [0.25, 0.3) is 0 Å². The number of carboxylic acid groups (broad SMARTS) is 2. The van der Waals surface area contributed by atoms with Crippen molar-refractivity contribution in [2.45, 2.75) is 12.8 Å². The first kappa shape index (κ1) is 14.0. The summed E-state index contributed by atoms with van der Waals surface area (Å²) in [5.41, 5.74) is 1.67. The zero-order chi connectivity index (χ0) is 14.5. The first-order valence-electron chi connectivity index (χ1n) is 5.81.